The smallest absolute Gasteiger partial charge is 0.247 e. The predicted octanol–water partition coefficient (Wildman–Crippen LogP) is 2.12. The number of nitrogens with zero attached hydrogens (tertiary/aromatic N) is 2. The molecule has 8 heteroatoms. The van der Waals surface area contributed by atoms with Crippen LogP contribution in [0.1, 0.15) is 33.6 Å². The summed E-state index contributed by atoms with van der Waals surface area (Å²) in [5.74, 6) is 0.462. The van der Waals surface area contributed by atoms with Crippen molar-refractivity contribution in [1.29, 1.82) is 0 Å². The summed E-state index contributed by atoms with van der Waals surface area (Å²) in [5, 5.41) is 0. The molecular weight excluding hydrogens is 380 g/mol. The SMILES string of the molecule is COCCN1[C@@H]2CCN(C(=O)C(C)(C)C)CC[C@H]2Oc2ccccc2S1(=O)=O. The first-order valence-corrected chi connectivity index (χ1v) is 11.2. The van der Waals surface area contributed by atoms with Gasteiger partial charge in [0.2, 0.25) is 15.9 Å². The monoisotopic (exact) mass is 410 g/mol. The molecule has 0 saturated carbocycles. The molecule has 28 heavy (non-hydrogen) atoms. The molecule has 0 unspecified atom stereocenters. The van der Waals surface area contributed by atoms with Crippen molar-refractivity contribution in [3.8, 4) is 5.75 Å². The van der Waals surface area contributed by atoms with Gasteiger partial charge in [-0.2, -0.15) is 4.31 Å². The number of likely N-dealkylation sites (tertiary alicyclic amines) is 1. The predicted molar refractivity (Wildman–Crippen MR) is 106 cm³/mol. The zero-order chi connectivity index (χ0) is 20.5. The minimum Gasteiger partial charge on any atom is -0.487 e. The summed E-state index contributed by atoms with van der Waals surface area (Å²) >= 11 is 0. The fourth-order valence-corrected chi connectivity index (χ4v) is 5.69. The topological polar surface area (TPSA) is 76.2 Å². The lowest BCUT2D eigenvalue weighted by Gasteiger charge is -2.31. The van der Waals surface area contributed by atoms with Gasteiger partial charge in [0.1, 0.15) is 16.7 Å². The Labute approximate surface area is 167 Å². The van der Waals surface area contributed by atoms with Crippen LogP contribution in [0, 0.1) is 5.41 Å². The molecule has 1 aromatic carbocycles. The molecule has 1 aromatic rings. The van der Waals surface area contributed by atoms with Crippen molar-refractivity contribution in [1.82, 2.24) is 9.21 Å². The summed E-state index contributed by atoms with van der Waals surface area (Å²) in [7, 11) is -2.16. The summed E-state index contributed by atoms with van der Waals surface area (Å²) < 4.78 is 39.6. The zero-order valence-corrected chi connectivity index (χ0v) is 17.9. The lowest BCUT2D eigenvalue weighted by molar-refractivity contribution is -0.139. The maximum absolute atomic E-state index is 13.4. The van der Waals surface area contributed by atoms with E-state index in [0.29, 0.717) is 38.3 Å². The van der Waals surface area contributed by atoms with Crippen LogP contribution in [0.3, 0.4) is 0 Å². The average molecular weight is 411 g/mol. The van der Waals surface area contributed by atoms with Gasteiger partial charge in [0, 0.05) is 38.6 Å². The summed E-state index contributed by atoms with van der Waals surface area (Å²) in [6, 6.07) is 6.43. The molecule has 7 nitrogen and oxygen atoms in total. The van der Waals surface area contributed by atoms with Crippen LogP contribution in [-0.2, 0) is 19.6 Å². The Morgan fingerprint density at radius 1 is 1.21 bits per heavy atom. The molecule has 0 spiro atoms. The highest BCUT2D eigenvalue weighted by Crippen LogP contribution is 2.36. The number of hydrogen-bond acceptors (Lipinski definition) is 5. The number of benzene rings is 1. The van der Waals surface area contributed by atoms with Crippen LogP contribution in [0.15, 0.2) is 29.2 Å². The van der Waals surface area contributed by atoms with E-state index in [2.05, 4.69) is 0 Å². The number of methoxy groups -OCH3 is 1. The number of carbonyl (C=O) groups excluding carboxylic acids is 1. The lowest BCUT2D eigenvalue weighted by Crippen LogP contribution is -2.48. The Balaban J connectivity index is 1.96. The van der Waals surface area contributed by atoms with E-state index < -0.39 is 15.4 Å². The number of ether oxygens (including phenoxy) is 2. The van der Waals surface area contributed by atoms with Gasteiger partial charge in [0.05, 0.1) is 12.6 Å². The first-order chi connectivity index (χ1) is 13.2. The fourth-order valence-electron chi connectivity index (χ4n) is 3.90. The van der Waals surface area contributed by atoms with Crippen LogP contribution in [0.2, 0.25) is 0 Å². The molecule has 1 fully saturated rings. The molecule has 1 saturated heterocycles. The molecule has 2 atom stereocenters. The van der Waals surface area contributed by atoms with Gasteiger partial charge in [0.25, 0.3) is 0 Å². The standard InChI is InChI=1S/C20H30N2O5S/c1-20(2,3)19(23)21-11-9-15-16(10-12-21)27-17-7-5-6-8-18(17)28(24,25)22(15)13-14-26-4/h5-8,15-16H,9-14H2,1-4H3/t15-,16-/m1/s1. The molecule has 2 aliphatic heterocycles. The largest absolute Gasteiger partial charge is 0.487 e. The minimum atomic E-state index is -3.72. The van der Waals surface area contributed by atoms with Gasteiger partial charge in [-0.3, -0.25) is 4.79 Å². The van der Waals surface area contributed by atoms with E-state index in [9.17, 15) is 13.2 Å². The van der Waals surface area contributed by atoms with Gasteiger partial charge in [0.15, 0.2) is 0 Å². The van der Waals surface area contributed by atoms with E-state index in [1.165, 1.54) is 4.31 Å². The van der Waals surface area contributed by atoms with Crippen LogP contribution in [0.4, 0.5) is 0 Å². The van der Waals surface area contributed by atoms with Gasteiger partial charge in [-0.1, -0.05) is 32.9 Å². The first-order valence-electron chi connectivity index (χ1n) is 9.72. The molecule has 0 bridgehead atoms. The second kappa shape index (κ2) is 8.00. The Hall–Kier alpha value is -1.64. The lowest BCUT2D eigenvalue weighted by atomic mass is 9.94. The molecule has 156 valence electrons. The highest BCUT2D eigenvalue weighted by Gasteiger charge is 2.44. The molecule has 0 aromatic heterocycles. The van der Waals surface area contributed by atoms with Crippen molar-refractivity contribution < 1.29 is 22.7 Å². The number of fused-ring (bicyclic) bond motifs is 2. The van der Waals surface area contributed by atoms with Gasteiger partial charge >= 0.3 is 0 Å². The van der Waals surface area contributed by atoms with Crippen molar-refractivity contribution in [3.63, 3.8) is 0 Å². The molecule has 0 N–H and O–H groups in total. The number of rotatable bonds is 3. The molecule has 1 amide bonds. The minimum absolute atomic E-state index is 0.0793. The van der Waals surface area contributed by atoms with Crippen molar-refractivity contribution >= 4 is 15.9 Å². The van der Waals surface area contributed by atoms with Crippen LogP contribution < -0.4 is 4.74 Å². The Kier molecular flexibility index (Phi) is 6.03. The van der Waals surface area contributed by atoms with Crippen LogP contribution >= 0.6 is 0 Å². The van der Waals surface area contributed by atoms with Crippen molar-refractivity contribution in [2.45, 2.75) is 50.7 Å². The number of amides is 1. The van der Waals surface area contributed by atoms with E-state index in [-0.39, 0.29) is 29.5 Å². The second-order valence-corrected chi connectivity index (χ2v) is 10.3. The van der Waals surface area contributed by atoms with E-state index in [1.54, 1.807) is 31.4 Å². The molecule has 2 heterocycles. The Morgan fingerprint density at radius 2 is 1.89 bits per heavy atom. The van der Waals surface area contributed by atoms with Crippen molar-refractivity contribution in [2.24, 2.45) is 5.41 Å². The molecule has 3 rings (SSSR count). The number of hydrogen-bond donors (Lipinski definition) is 0. The zero-order valence-electron chi connectivity index (χ0n) is 17.1. The molecule has 0 radical (unpaired) electrons. The van der Waals surface area contributed by atoms with Gasteiger partial charge in [-0.15, -0.1) is 0 Å². The normalized spacial score (nSPS) is 25.1. The third-order valence-corrected chi connectivity index (χ3v) is 7.30. The molecular formula is C20H30N2O5S. The van der Waals surface area contributed by atoms with Gasteiger partial charge in [-0.25, -0.2) is 8.42 Å². The van der Waals surface area contributed by atoms with E-state index in [1.807, 2.05) is 25.7 Å². The maximum Gasteiger partial charge on any atom is 0.247 e. The van der Waals surface area contributed by atoms with Crippen LogP contribution in [0.5, 0.6) is 5.75 Å². The third-order valence-electron chi connectivity index (χ3n) is 5.34. The van der Waals surface area contributed by atoms with Gasteiger partial charge < -0.3 is 14.4 Å². The Morgan fingerprint density at radius 3 is 2.57 bits per heavy atom. The van der Waals surface area contributed by atoms with Crippen LogP contribution in [-0.4, -0.2) is 69.0 Å². The maximum atomic E-state index is 13.4. The highest BCUT2D eigenvalue weighted by atomic mass is 32.2. The molecule has 0 aliphatic carbocycles. The van der Waals surface area contributed by atoms with E-state index in [4.69, 9.17) is 9.47 Å². The summed E-state index contributed by atoms with van der Waals surface area (Å²) in [5.41, 5.74) is -0.471. The van der Waals surface area contributed by atoms with E-state index in [0.717, 1.165) is 0 Å². The van der Waals surface area contributed by atoms with Crippen LogP contribution in [0.25, 0.3) is 0 Å². The number of para-hydroxylation sites is 1. The summed E-state index contributed by atoms with van der Waals surface area (Å²) in [4.78, 5) is 14.8. The van der Waals surface area contributed by atoms with Crippen molar-refractivity contribution in [3.05, 3.63) is 24.3 Å². The Bertz CT molecular complexity index is 818. The quantitative estimate of drug-likeness (QED) is 0.763. The van der Waals surface area contributed by atoms with Gasteiger partial charge in [-0.05, 0) is 18.6 Å². The number of sulfonamides is 1. The fraction of sp³-hybridized carbons (Fsp3) is 0.650. The first kappa shape index (κ1) is 21.1. The third kappa shape index (κ3) is 4.04. The molecule has 2 aliphatic rings. The van der Waals surface area contributed by atoms with E-state index >= 15 is 0 Å². The second-order valence-electron chi connectivity index (χ2n) is 8.40. The summed E-state index contributed by atoms with van der Waals surface area (Å²) in [6.07, 6.45) is 0.802. The summed E-state index contributed by atoms with van der Waals surface area (Å²) in [6.45, 7) is 7.33. The van der Waals surface area contributed by atoms with Crippen molar-refractivity contribution in [2.75, 3.05) is 33.4 Å². The number of carbonyl (C=O) groups is 1. The average Bonchev–Trinajstić information content (AvgIpc) is 2.87. The highest BCUT2D eigenvalue weighted by molar-refractivity contribution is 7.89.